The van der Waals surface area contributed by atoms with E-state index in [0.29, 0.717) is 40.4 Å². The molecule has 1 aromatic carbocycles. The second kappa shape index (κ2) is 10.9. The van der Waals surface area contributed by atoms with E-state index in [9.17, 15) is 9.90 Å². The second-order valence-corrected chi connectivity index (χ2v) is 18.1. The van der Waals surface area contributed by atoms with Crippen LogP contribution < -0.4 is 14.4 Å². The van der Waals surface area contributed by atoms with Crippen LogP contribution in [-0.2, 0) is 11.0 Å². The van der Waals surface area contributed by atoms with Crippen LogP contribution in [0.5, 0.6) is 11.5 Å². The van der Waals surface area contributed by atoms with Gasteiger partial charge < -0.3 is 19.0 Å². The smallest absolute Gasteiger partial charge is 0.413 e. The molecule has 1 atom stereocenters. The molecule has 3 aromatic heterocycles. The van der Waals surface area contributed by atoms with E-state index in [1.165, 1.54) is 12.4 Å². The molecule has 0 fully saturated rings. The normalized spacial score (nSPS) is 16.4. The van der Waals surface area contributed by atoms with Crippen molar-refractivity contribution < 1.29 is 28.2 Å². The van der Waals surface area contributed by atoms with Gasteiger partial charge in [0.05, 0.1) is 25.7 Å². The minimum atomic E-state index is -2.11. The van der Waals surface area contributed by atoms with Crippen LogP contribution in [0, 0.1) is 17.7 Å². The molecule has 10 nitrogen and oxygen atoms in total. The Morgan fingerprint density at radius 1 is 1.11 bits per heavy atom. The van der Waals surface area contributed by atoms with Crippen molar-refractivity contribution in [2.24, 2.45) is 0 Å². The standard InChI is InChI=1S/C33H36FN5O5Si/c1-32(2,3)45(6,7)44-33(4,5)13-12-25-21(9-8-14-35-25)22-15-27-30(39-19-36-37-29(22)39)38(31(40)41)16-23-24(34)10-11-26-28(23)20(17-42-26)18-43-27/h8-11,14-15,19-20H,16-18H2,1-7H3,(H,40,41)/t20-/m0/s1. The van der Waals surface area contributed by atoms with Gasteiger partial charge in [0.15, 0.2) is 25.5 Å². The van der Waals surface area contributed by atoms with Crippen LogP contribution in [0.15, 0.2) is 42.9 Å². The van der Waals surface area contributed by atoms with Crippen LogP contribution in [0.4, 0.5) is 15.0 Å². The van der Waals surface area contributed by atoms with Crippen LogP contribution in [0.25, 0.3) is 16.8 Å². The predicted octanol–water partition coefficient (Wildman–Crippen LogP) is 6.64. The first kappa shape index (κ1) is 30.5. The van der Waals surface area contributed by atoms with E-state index in [-0.39, 0.29) is 41.2 Å². The third-order valence-electron chi connectivity index (χ3n) is 8.76. The Morgan fingerprint density at radius 2 is 1.84 bits per heavy atom. The average Bonchev–Trinajstić information content (AvgIpc) is 3.61. The first-order chi connectivity index (χ1) is 21.2. The number of nitrogens with zero attached hydrogens (tertiary/aromatic N) is 5. The first-order valence-electron chi connectivity index (χ1n) is 14.8. The number of fused-ring (bicyclic) bond motifs is 3. The number of amides is 1. The van der Waals surface area contributed by atoms with Crippen molar-refractivity contribution in [3.8, 4) is 34.5 Å². The molecule has 0 aliphatic carbocycles. The van der Waals surface area contributed by atoms with E-state index in [1.54, 1.807) is 28.8 Å². The second-order valence-electron chi connectivity index (χ2n) is 13.4. The largest absolute Gasteiger partial charge is 0.493 e. The number of ether oxygens (including phenoxy) is 2. The van der Waals surface area contributed by atoms with Crippen molar-refractivity contribution >= 4 is 25.9 Å². The topological polar surface area (TPSA) is 111 Å². The Kier molecular flexibility index (Phi) is 7.37. The molecular formula is C33H36FN5O5Si. The fourth-order valence-electron chi connectivity index (χ4n) is 5.61. The summed E-state index contributed by atoms with van der Waals surface area (Å²) in [5, 5.41) is 18.9. The molecule has 45 heavy (non-hydrogen) atoms. The number of aromatic nitrogens is 4. The van der Waals surface area contributed by atoms with E-state index in [4.69, 9.17) is 13.9 Å². The zero-order chi connectivity index (χ0) is 32.3. The van der Waals surface area contributed by atoms with Gasteiger partial charge in [-0.15, -0.1) is 10.2 Å². The molecule has 0 saturated carbocycles. The summed E-state index contributed by atoms with van der Waals surface area (Å²) < 4.78 is 35.6. The van der Waals surface area contributed by atoms with Crippen molar-refractivity contribution in [1.82, 2.24) is 19.6 Å². The third-order valence-corrected chi connectivity index (χ3v) is 13.4. The lowest BCUT2D eigenvalue weighted by molar-refractivity contribution is 0.151. The quantitative estimate of drug-likeness (QED) is 0.199. The average molecular weight is 630 g/mol. The van der Waals surface area contributed by atoms with E-state index < -0.39 is 25.8 Å². The Bertz CT molecular complexity index is 1890. The molecule has 0 saturated heterocycles. The van der Waals surface area contributed by atoms with E-state index in [0.717, 1.165) is 4.90 Å². The Hall–Kier alpha value is -4.47. The van der Waals surface area contributed by atoms with Gasteiger partial charge in [0, 0.05) is 28.5 Å². The van der Waals surface area contributed by atoms with E-state index >= 15 is 4.39 Å². The highest BCUT2D eigenvalue weighted by atomic mass is 28.4. The molecule has 0 radical (unpaired) electrons. The summed E-state index contributed by atoms with van der Waals surface area (Å²) in [5.74, 6) is 6.72. The molecular weight excluding hydrogens is 593 g/mol. The van der Waals surface area contributed by atoms with Crippen LogP contribution in [0.2, 0.25) is 18.1 Å². The number of rotatable bonds is 3. The van der Waals surface area contributed by atoms with Crippen molar-refractivity contribution in [3.63, 3.8) is 0 Å². The van der Waals surface area contributed by atoms with Gasteiger partial charge in [-0.1, -0.05) is 26.7 Å². The summed E-state index contributed by atoms with van der Waals surface area (Å²) in [4.78, 5) is 18.4. The fraction of sp³-hybridized carbons (Fsp3) is 0.394. The number of carboxylic acid groups (broad SMARTS) is 1. The summed E-state index contributed by atoms with van der Waals surface area (Å²) in [7, 11) is -2.11. The molecule has 12 heteroatoms. The third kappa shape index (κ3) is 5.51. The number of benzene rings is 1. The maximum absolute atomic E-state index is 15.2. The SMILES string of the molecule is CC(C)(C#Cc1ncccc1-c1cc2c(n3cnnc13)N(C(=O)O)Cc1c(F)ccc3c1[C@@H](CO3)CO2)O[Si](C)(C)C(C)(C)C. The van der Waals surface area contributed by atoms with Crippen LogP contribution in [-0.4, -0.2) is 57.9 Å². The van der Waals surface area contributed by atoms with Crippen molar-refractivity contribution in [2.45, 2.75) is 70.8 Å². The summed E-state index contributed by atoms with van der Waals surface area (Å²) in [6, 6.07) is 8.29. The minimum absolute atomic E-state index is 0.0180. The van der Waals surface area contributed by atoms with Crippen LogP contribution in [0.1, 0.15) is 57.4 Å². The van der Waals surface area contributed by atoms with Crippen LogP contribution in [0.3, 0.4) is 0 Å². The van der Waals surface area contributed by atoms with Gasteiger partial charge in [-0.3, -0.25) is 9.30 Å². The first-order valence-corrected chi connectivity index (χ1v) is 17.7. The highest BCUT2D eigenvalue weighted by Crippen LogP contribution is 2.44. The number of halogens is 1. The minimum Gasteiger partial charge on any atom is -0.493 e. The van der Waals surface area contributed by atoms with E-state index in [1.807, 2.05) is 19.9 Å². The molecule has 4 aromatic rings. The number of hydrogen-bond acceptors (Lipinski definition) is 7. The van der Waals surface area contributed by atoms with Crippen molar-refractivity contribution in [2.75, 3.05) is 18.1 Å². The maximum Gasteiger partial charge on any atom is 0.413 e. The maximum atomic E-state index is 15.2. The molecule has 1 amide bonds. The summed E-state index contributed by atoms with van der Waals surface area (Å²) >= 11 is 0. The van der Waals surface area contributed by atoms with Gasteiger partial charge in [0.1, 0.15) is 29.2 Å². The lowest BCUT2D eigenvalue weighted by atomic mass is 9.95. The number of carbonyl (C=O) groups is 1. The molecule has 2 aliphatic rings. The van der Waals surface area contributed by atoms with Crippen molar-refractivity contribution in [1.29, 1.82) is 0 Å². The Balaban J connectivity index is 1.48. The fourth-order valence-corrected chi connectivity index (χ4v) is 7.24. The van der Waals surface area contributed by atoms with Gasteiger partial charge in [-0.2, -0.15) is 0 Å². The number of anilines is 1. The van der Waals surface area contributed by atoms with E-state index in [2.05, 4.69) is 60.9 Å². The molecule has 2 aliphatic heterocycles. The number of pyridine rings is 2. The highest BCUT2D eigenvalue weighted by molar-refractivity contribution is 6.74. The molecule has 6 rings (SSSR count). The molecule has 5 heterocycles. The lowest BCUT2D eigenvalue weighted by Gasteiger charge is -2.40. The molecule has 0 unspecified atom stereocenters. The lowest BCUT2D eigenvalue weighted by Crippen LogP contribution is -2.47. The highest BCUT2D eigenvalue weighted by Gasteiger charge is 2.41. The Labute approximate surface area is 262 Å². The van der Waals surface area contributed by atoms with Gasteiger partial charge in [-0.25, -0.2) is 14.2 Å². The zero-order valence-corrected chi connectivity index (χ0v) is 27.4. The summed E-state index contributed by atoms with van der Waals surface area (Å²) in [5.41, 5.74) is 2.29. The molecule has 1 N–H and O–H groups in total. The Morgan fingerprint density at radius 3 is 2.56 bits per heavy atom. The van der Waals surface area contributed by atoms with Gasteiger partial charge in [-0.05, 0) is 68.2 Å². The summed E-state index contributed by atoms with van der Waals surface area (Å²) in [6.45, 7) is 15.1. The van der Waals surface area contributed by atoms with Gasteiger partial charge in [0.2, 0.25) is 0 Å². The van der Waals surface area contributed by atoms with Gasteiger partial charge >= 0.3 is 6.09 Å². The summed E-state index contributed by atoms with van der Waals surface area (Å²) in [6.07, 6.45) is 1.81. The molecule has 0 spiro atoms. The molecule has 234 valence electrons. The predicted molar refractivity (Wildman–Crippen MR) is 170 cm³/mol. The van der Waals surface area contributed by atoms with Crippen molar-refractivity contribution in [3.05, 3.63) is 65.5 Å². The molecule has 0 bridgehead atoms. The number of hydrogen-bond donors (Lipinski definition) is 1. The van der Waals surface area contributed by atoms with Gasteiger partial charge in [0.25, 0.3) is 0 Å². The van der Waals surface area contributed by atoms with Crippen LogP contribution >= 0.6 is 0 Å². The zero-order valence-electron chi connectivity index (χ0n) is 26.4. The monoisotopic (exact) mass is 629 g/mol.